The van der Waals surface area contributed by atoms with Crippen LogP contribution in [0.3, 0.4) is 0 Å². The van der Waals surface area contributed by atoms with E-state index in [-0.39, 0.29) is 11.8 Å². The third-order valence-corrected chi connectivity index (χ3v) is 2.69. The molecular weight excluding hydrogens is 240 g/mol. The molecule has 0 spiro atoms. The zero-order valence-corrected chi connectivity index (χ0v) is 13.3. The molecule has 0 aliphatic carbocycles. The Kier molecular flexibility index (Phi) is 12.4. The third kappa shape index (κ3) is 7.65. The number of nitrogens with zero attached hydrogens (tertiary/aromatic N) is 1. The largest absolute Gasteiger partial charge is 0.357 e. The molecule has 0 aliphatic rings. The summed E-state index contributed by atoms with van der Waals surface area (Å²) in [6.45, 7) is 13.6. The molecule has 0 aliphatic heterocycles. The van der Waals surface area contributed by atoms with E-state index in [2.05, 4.69) is 25.7 Å². The van der Waals surface area contributed by atoms with Gasteiger partial charge in [-0.25, -0.2) is 0 Å². The molecule has 0 rings (SSSR count). The Balaban J connectivity index is 0. The first-order valence-electron chi connectivity index (χ1n) is 7.13. The molecule has 112 valence electrons. The van der Waals surface area contributed by atoms with Crippen LogP contribution in [0.5, 0.6) is 0 Å². The Bertz CT molecular complexity index is 275. The van der Waals surface area contributed by atoms with Crippen molar-refractivity contribution in [2.45, 2.75) is 59.9 Å². The number of likely N-dealkylation sites (N-methyl/N-ethyl adjacent to an activating group) is 1. The molecule has 0 radical (unpaired) electrons. The van der Waals surface area contributed by atoms with Gasteiger partial charge in [0, 0.05) is 19.7 Å². The Morgan fingerprint density at radius 2 is 1.79 bits per heavy atom. The van der Waals surface area contributed by atoms with Crippen LogP contribution in [-0.4, -0.2) is 29.8 Å². The van der Waals surface area contributed by atoms with Gasteiger partial charge in [0.2, 0.25) is 11.8 Å². The molecule has 0 aromatic heterocycles. The lowest BCUT2D eigenvalue weighted by molar-refractivity contribution is -0.137. The number of hydrogen-bond donors (Lipinski definition) is 1. The first-order valence-corrected chi connectivity index (χ1v) is 7.13. The maximum atomic E-state index is 11.8. The van der Waals surface area contributed by atoms with E-state index in [0.29, 0.717) is 18.8 Å². The molecule has 19 heavy (non-hydrogen) atoms. The molecule has 2 amide bonds. The van der Waals surface area contributed by atoms with Crippen LogP contribution in [-0.2, 0) is 9.59 Å². The Labute approximate surface area is 118 Å². The minimum atomic E-state index is -0.438. The lowest BCUT2D eigenvalue weighted by atomic mass is 10.0. The Morgan fingerprint density at radius 3 is 2.11 bits per heavy atom. The summed E-state index contributed by atoms with van der Waals surface area (Å²) in [6, 6.07) is -0.438. The molecule has 4 heteroatoms. The first kappa shape index (κ1) is 20.0. The van der Waals surface area contributed by atoms with Crippen LogP contribution in [0, 0.1) is 5.92 Å². The smallest absolute Gasteiger partial charge is 0.242 e. The fraction of sp³-hybridized carbons (Fsp3) is 0.733. The van der Waals surface area contributed by atoms with Crippen molar-refractivity contribution in [2.75, 3.05) is 7.05 Å². The van der Waals surface area contributed by atoms with Crippen molar-refractivity contribution in [1.82, 2.24) is 10.2 Å². The second-order valence-corrected chi connectivity index (χ2v) is 4.44. The van der Waals surface area contributed by atoms with E-state index in [0.717, 1.165) is 6.42 Å². The van der Waals surface area contributed by atoms with Crippen LogP contribution in [0.25, 0.3) is 0 Å². The molecule has 0 saturated heterocycles. The molecule has 1 unspecified atom stereocenters. The maximum Gasteiger partial charge on any atom is 0.242 e. The number of amides is 2. The highest BCUT2D eigenvalue weighted by Crippen LogP contribution is 2.14. The van der Waals surface area contributed by atoms with Gasteiger partial charge in [0.15, 0.2) is 0 Å². The highest BCUT2D eigenvalue weighted by atomic mass is 16.2. The molecule has 1 N–H and O–H groups in total. The number of carbonyl (C=O) groups excluding carboxylic acids is 2. The first-order chi connectivity index (χ1) is 8.97. The zero-order valence-electron chi connectivity index (χ0n) is 13.3. The normalized spacial score (nSPS) is 11.1. The van der Waals surface area contributed by atoms with Gasteiger partial charge in [-0.1, -0.05) is 41.2 Å². The van der Waals surface area contributed by atoms with Gasteiger partial charge in [-0.3, -0.25) is 9.59 Å². The number of carbonyl (C=O) groups is 2. The van der Waals surface area contributed by atoms with Gasteiger partial charge in [-0.15, -0.1) is 0 Å². The van der Waals surface area contributed by atoms with Gasteiger partial charge in [0.1, 0.15) is 6.04 Å². The van der Waals surface area contributed by atoms with Crippen molar-refractivity contribution in [3.05, 3.63) is 12.8 Å². The summed E-state index contributed by atoms with van der Waals surface area (Å²) in [7, 11) is 1.59. The van der Waals surface area contributed by atoms with E-state index in [4.69, 9.17) is 0 Å². The minimum Gasteiger partial charge on any atom is -0.357 e. The van der Waals surface area contributed by atoms with Crippen molar-refractivity contribution in [3.8, 4) is 0 Å². The summed E-state index contributed by atoms with van der Waals surface area (Å²) in [6.07, 6.45) is 3.39. The van der Waals surface area contributed by atoms with Crippen molar-refractivity contribution in [3.63, 3.8) is 0 Å². The second-order valence-electron chi connectivity index (χ2n) is 4.44. The van der Waals surface area contributed by atoms with E-state index >= 15 is 0 Å². The Hall–Kier alpha value is -1.32. The fourth-order valence-electron chi connectivity index (χ4n) is 1.64. The summed E-state index contributed by atoms with van der Waals surface area (Å²) >= 11 is 0. The van der Waals surface area contributed by atoms with Gasteiger partial charge < -0.3 is 10.2 Å². The predicted molar refractivity (Wildman–Crippen MR) is 80.6 cm³/mol. The molecule has 0 heterocycles. The van der Waals surface area contributed by atoms with Crippen molar-refractivity contribution < 1.29 is 9.59 Å². The van der Waals surface area contributed by atoms with Crippen LogP contribution in [0.15, 0.2) is 12.8 Å². The topological polar surface area (TPSA) is 49.4 Å². The number of nitrogens with one attached hydrogen (secondary N) is 1. The summed E-state index contributed by atoms with van der Waals surface area (Å²) in [4.78, 5) is 25.0. The Morgan fingerprint density at radius 1 is 1.26 bits per heavy atom. The van der Waals surface area contributed by atoms with E-state index < -0.39 is 6.04 Å². The summed E-state index contributed by atoms with van der Waals surface area (Å²) in [5.41, 5.74) is 0. The molecule has 0 aromatic carbocycles. The zero-order chi connectivity index (χ0) is 15.4. The lowest BCUT2D eigenvalue weighted by Gasteiger charge is -2.27. The van der Waals surface area contributed by atoms with Crippen LogP contribution in [0.1, 0.15) is 53.9 Å². The predicted octanol–water partition coefficient (Wildman–Crippen LogP) is 2.95. The molecule has 1 atom stereocenters. The monoisotopic (exact) mass is 270 g/mol. The van der Waals surface area contributed by atoms with Gasteiger partial charge in [0.05, 0.1) is 0 Å². The maximum absolute atomic E-state index is 11.8. The standard InChI is InChI=1S/C13H24N2O2.C2H6/c1-6-12(16)15(7-2)11(13(17)14-5)9-8-10(3)4;1-2/h7,10-11H,2,6,8-9H2,1,3-5H3,(H,14,17);1-2H3. The summed E-state index contributed by atoms with van der Waals surface area (Å²) in [5.74, 6) is 0.301. The van der Waals surface area contributed by atoms with E-state index in [9.17, 15) is 9.59 Å². The SMILES string of the molecule is C=CN(C(=O)CC)C(CCC(C)C)C(=O)NC.CC. The van der Waals surface area contributed by atoms with Gasteiger partial charge in [-0.2, -0.15) is 0 Å². The average molecular weight is 270 g/mol. The van der Waals surface area contributed by atoms with Gasteiger partial charge >= 0.3 is 0 Å². The average Bonchev–Trinajstić information content (AvgIpc) is 2.43. The molecular formula is C15H30N2O2. The van der Waals surface area contributed by atoms with Crippen LogP contribution in [0.2, 0.25) is 0 Å². The van der Waals surface area contributed by atoms with E-state index in [1.165, 1.54) is 11.1 Å². The van der Waals surface area contributed by atoms with Crippen LogP contribution < -0.4 is 5.32 Å². The lowest BCUT2D eigenvalue weighted by Crippen LogP contribution is -2.46. The van der Waals surface area contributed by atoms with Gasteiger partial charge in [-0.05, 0) is 18.8 Å². The van der Waals surface area contributed by atoms with Crippen molar-refractivity contribution >= 4 is 11.8 Å². The highest BCUT2D eigenvalue weighted by molar-refractivity contribution is 5.88. The van der Waals surface area contributed by atoms with Crippen LogP contribution in [0.4, 0.5) is 0 Å². The third-order valence-electron chi connectivity index (χ3n) is 2.69. The van der Waals surface area contributed by atoms with E-state index in [1.807, 2.05) is 13.8 Å². The van der Waals surface area contributed by atoms with E-state index in [1.54, 1.807) is 14.0 Å². The minimum absolute atomic E-state index is 0.0719. The molecule has 0 fully saturated rings. The van der Waals surface area contributed by atoms with Crippen LogP contribution >= 0.6 is 0 Å². The van der Waals surface area contributed by atoms with Crippen molar-refractivity contribution in [2.24, 2.45) is 5.92 Å². The number of hydrogen-bond acceptors (Lipinski definition) is 2. The quantitative estimate of drug-likeness (QED) is 0.773. The summed E-state index contributed by atoms with van der Waals surface area (Å²) < 4.78 is 0. The summed E-state index contributed by atoms with van der Waals surface area (Å²) in [5, 5.41) is 2.60. The molecule has 0 bridgehead atoms. The number of rotatable bonds is 7. The second kappa shape index (κ2) is 11.8. The van der Waals surface area contributed by atoms with Gasteiger partial charge in [0.25, 0.3) is 0 Å². The molecule has 0 aromatic rings. The van der Waals surface area contributed by atoms with Crippen molar-refractivity contribution in [1.29, 1.82) is 0 Å². The molecule has 4 nitrogen and oxygen atoms in total. The highest BCUT2D eigenvalue weighted by Gasteiger charge is 2.26. The fourth-order valence-corrected chi connectivity index (χ4v) is 1.64. The molecule has 0 saturated carbocycles.